The zero-order valence-electron chi connectivity index (χ0n) is 6.11. The lowest BCUT2D eigenvalue weighted by molar-refractivity contribution is 1.02. The molecule has 0 radical (unpaired) electrons. The fourth-order valence-electron chi connectivity index (χ4n) is 0.755. The van der Waals surface area contributed by atoms with Crippen molar-refractivity contribution in [3.63, 3.8) is 0 Å². The van der Waals surface area contributed by atoms with Crippen LogP contribution in [0.15, 0.2) is 35.4 Å². The van der Waals surface area contributed by atoms with Crippen LogP contribution in [-0.2, 0) is 0 Å². The average Bonchev–Trinajstić information content (AvgIpc) is 2.15. The molecule has 10 heavy (non-hydrogen) atoms. The molecule has 0 amide bonds. The van der Waals surface area contributed by atoms with E-state index in [4.69, 9.17) is 0 Å². The van der Waals surface area contributed by atoms with E-state index in [1.165, 1.54) is 0 Å². The molecular weight excluding hydrogens is 142 g/mol. The van der Waals surface area contributed by atoms with Crippen LogP contribution in [0, 0.1) is 0 Å². The maximum atomic E-state index is 3.88. The highest BCUT2D eigenvalue weighted by Crippen LogP contribution is 2.26. The van der Waals surface area contributed by atoms with Gasteiger partial charge in [-0.1, -0.05) is 18.7 Å². The maximum Gasteiger partial charge on any atom is 0.0658 e. The van der Waals surface area contributed by atoms with Gasteiger partial charge in [0.25, 0.3) is 0 Å². The molecule has 2 heteroatoms. The first-order valence-electron chi connectivity index (χ1n) is 3.13. The van der Waals surface area contributed by atoms with E-state index in [2.05, 4.69) is 18.5 Å². The zero-order valence-corrected chi connectivity index (χ0v) is 6.92. The van der Waals surface area contributed by atoms with E-state index in [9.17, 15) is 0 Å². The van der Waals surface area contributed by atoms with Crippen LogP contribution in [-0.4, -0.2) is 5.88 Å². The minimum atomic E-state index is 0.942. The third kappa shape index (κ3) is 1.67. The number of allylic oxidation sites excluding steroid dienone is 2. The normalized spacial score (nSPS) is 21.3. The first kappa shape index (κ1) is 7.48. The predicted octanol–water partition coefficient (Wildman–Crippen LogP) is 2.25. The second kappa shape index (κ2) is 2.97. The molecule has 0 unspecified atom stereocenters. The summed E-state index contributed by atoms with van der Waals surface area (Å²) in [5, 5.41) is 3.20. The van der Waals surface area contributed by atoms with E-state index in [1.807, 2.05) is 13.0 Å². The van der Waals surface area contributed by atoms with Crippen molar-refractivity contribution < 1.29 is 0 Å². The molecule has 0 aromatic rings. The summed E-state index contributed by atoms with van der Waals surface area (Å²) in [6.07, 6.45) is 2.02. The van der Waals surface area contributed by atoms with Gasteiger partial charge in [0.1, 0.15) is 0 Å². The largest absolute Gasteiger partial charge is 0.375 e. The standard InChI is InChI=1S/C8H11NS/c1-6(2)4-8-7(3)10-5-9-8/h4,9H,1,3,5H2,2H3/b8-4+. The summed E-state index contributed by atoms with van der Waals surface area (Å²) in [7, 11) is 0. The summed E-state index contributed by atoms with van der Waals surface area (Å²) >= 11 is 1.73. The SMILES string of the molecule is C=C(C)/C=C1/NCSC1=C. The van der Waals surface area contributed by atoms with E-state index in [0.717, 1.165) is 22.1 Å². The Hall–Kier alpha value is -0.630. The Morgan fingerprint density at radius 3 is 2.90 bits per heavy atom. The molecule has 1 saturated heterocycles. The zero-order chi connectivity index (χ0) is 7.56. The van der Waals surface area contributed by atoms with Gasteiger partial charge in [-0.2, -0.15) is 0 Å². The Balaban J connectivity index is 2.72. The van der Waals surface area contributed by atoms with Crippen LogP contribution in [0.5, 0.6) is 0 Å². The Morgan fingerprint density at radius 2 is 2.50 bits per heavy atom. The molecule has 1 fully saturated rings. The third-order valence-corrected chi connectivity index (χ3v) is 2.06. The van der Waals surface area contributed by atoms with Crippen LogP contribution in [0.1, 0.15) is 6.92 Å². The van der Waals surface area contributed by atoms with Crippen LogP contribution >= 0.6 is 11.8 Å². The van der Waals surface area contributed by atoms with E-state index in [0.29, 0.717) is 0 Å². The second-order valence-electron chi connectivity index (χ2n) is 2.29. The molecule has 1 heterocycles. The lowest BCUT2D eigenvalue weighted by atomic mass is 10.3. The summed E-state index contributed by atoms with van der Waals surface area (Å²) in [6, 6.07) is 0. The predicted molar refractivity (Wildman–Crippen MR) is 47.6 cm³/mol. The van der Waals surface area contributed by atoms with Gasteiger partial charge in [0.2, 0.25) is 0 Å². The van der Waals surface area contributed by atoms with Gasteiger partial charge in [0, 0.05) is 10.6 Å². The van der Waals surface area contributed by atoms with E-state index >= 15 is 0 Å². The average molecular weight is 153 g/mol. The van der Waals surface area contributed by atoms with Crippen molar-refractivity contribution in [3.05, 3.63) is 35.4 Å². The van der Waals surface area contributed by atoms with Crippen molar-refractivity contribution in [1.29, 1.82) is 0 Å². The second-order valence-corrected chi connectivity index (χ2v) is 3.36. The molecule has 1 N–H and O–H groups in total. The number of hydrogen-bond donors (Lipinski definition) is 1. The van der Waals surface area contributed by atoms with Gasteiger partial charge < -0.3 is 5.32 Å². The molecule has 1 aliphatic heterocycles. The fraction of sp³-hybridized carbons (Fsp3) is 0.250. The Bertz CT molecular complexity index is 203. The van der Waals surface area contributed by atoms with E-state index in [1.54, 1.807) is 11.8 Å². The molecule has 0 atom stereocenters. The first-order chi connectivity index (χ1) is 4.70. The summed E-state index contributed by atoms with van der Waals surface area (Å²) < 4.78 is 0. The third-order valence-electron chi connectivity index (χ3n) is 1.20. The Labute approximate surface area is 65.9 Å². The van der Waals surface area contributed by atoms with E-state index < -0.39 is 0 Å². The molecule has 0 aliphatic carbocycles. The molecule has 1 aliphatic rings. The molecule has 54 valence electrons. The maximum absolute atomic E-state index is 3.88. The van der Waals surface area contributed by atoms with Crippen LogP contribution < -0.4 is 5.32 Å². The molecular formula is C8H11NS. The molecule has 0 spiro atoms. The van der Waals surface area contributed by atoms with Crippen molar-refractivity contribution in [2.45, 2.75) is 6.92 Å². The molecule has 0 aromatic carbocycles. The summed E-state index contributed by atoms with van der Waals surface area (Å²) in [5.41, 5.74) is 2.18. The minimum Gasteiger partial charge on any atom is -0.375 e. The van der Waals surface area contributed by atoms with Crippen molar-refractivity contribution in [3.8, 4) is 0 Å². The molecule has 0 aromatic heterocycles. The molecule has 0 bridgehead atoms. The molecule has 0 saturated carbocycles. The molecule has 1 rings (SSSR count). The van der Waals surface area contributed by atoms with Crippen molar-refractivity contribution in [2.75, 3.05) is 5.88 Å². The Kier molecular flexibility index (Phi) is 2.22. The lowest BCUT2D eigenvalue weighted by Crippen LogP contribution is -2.02. The minimum absolute atomic E-state index is 0.942. The van der Waals surface area contributed by atoms with Crippen LogP contribution in [0.3, 0.4) is 0 Å². The summed E-state index contributed by atoms with van der Waals surface area (Å²) in [5.74, 6) is 0.942. The van der Waals surface area contributed by atoms with Gasteiger partial charge in [-0.25, -0.2) is 0 Å². The fourth-order valence-corrected chi connectivity index (χ4v) is 1.44. The topological polar surface area (TPSA) is 12.0 Å². The van der Waals surface area contributed by atoms with Gasteiger partial charge in [-0.05, 0) is 13.0 Å². The van der Waals surface area contributed by atoms with Gasteiger partial charge in [-0.3, -0.25) is 0 Å². The van der Waals surface area contributed by atoms with Gasteiger partial charge in [0.05, 0.1) is 5.88 Å². The highest BCUT2D eigenvalue weighted by atomic mass is 32.2. The first-order valence-corrected chi connectivity index (χ1v) is 4.12. The Morgan fingerprint density at radius 1 is 1.80 bits per heavy atom. The number of hydrogen-bond acceptors (Lipinski definition) is 2. The highest BCUT2D eigenvalue weighted by molar-refractivity contribution is 8.03. The van der Waals surface area contributed by atoms with Crippen LogP contribution in [0.2, 0.25) is 0 Å². The van der Waals surface area contributed by atoms with Crippen molar-refractivity contribution in [1.82, 2.24) is 5.32 Å². The van der Waals surface area contributed by atoms with Crippen LogP contribution in [0.4, 0.5) is 0 Å². The quantitative estimate of drug-likeness (QED) is 0.620. The monoisotopic (exact) mass is 153 g/mol. The summed E-state index contributed by atoms with van der Waals surface area (Å²) in [4.78, 5) is 1.11. The van der Waals surface area contributed by atoms with Gasteiger partial charge >= 0.3 is 0 Å². The number of thioether (sulfide) groups is 1. The number of rotatable bonds is 1. The smallest absolute Gasteiger partial charge is 0.0658 e. The van der Waals surface area contributed by atoms with Gasteiger partial charge in [0.15, 0.2) is 0 Å². The highest BCUT2D eigenvalue weighted by Gasteiger charge is 2.09. The van der Waals surface area contributed by atoms with Gasteiger partial charge in [-0.15, -0.1) is 11.8 Å². The number of nitrogens with one attached hydrogen (secondary N) is 1. The van der Waals surface area contributed by atoms with Crippen LogP contribution in [0.25, 0.3) is 0 Å². The van der Waals surface area contributed by atoms with Crippen molar-refractivity contribution in [2.24, 2.45) is 0 Å². The van der Waals surface area contributed by atoms with E-state index in [-0.39, 0.29) is 0 Å². The van der Waals surface area contributed by atoms with Crippen molar-refractivity contribution >= 4 is 11.8 Å². The molecule has 1 nitrogen and oxygen atoms in total. The lowest BCUT2D eigenvalue weighted by Gasteiger charge is -1.96. The summed E-state index contributed by atoms with van der Waals surface area (Å²) in [6.45, 7) is 9.64.